The van der Waals surface area contributed by atoms with E-state index in [0.717, 1.165) is 16.8 Å². The van der Waals surface area contributed by atoms with Crippen molar-refractivity contribution in [3.05, 3.63) is 57.2 Å². The predicted molar refractivity (Wildman–Crippen MR) is 81.4 cm³/mol. The van der Waals surface area contributed by atoms with Crippen LogP contribution >= 0.6 is 27.5 Å². The van der Waals surface area contributed by atoms with Crippen molar-refractivity contribution >= 4 is 33.3 Å². The molecule has 1 aromatic carbocycles. The summed E-state index contributed by atoms with van der Waals surface area (Å²) in [7, 11) is 1.96. The van der Waals surface area contributed by atoms with Gasteiger partial charge in [0.25, 0.3) is 0 Å². The number of aliphatic hydroxyl groups is 1. The largest absolute Gasteiger partial charge is 0.392 e. The van der Waals surface area contributed by atoms with Crippen LogP contribution in [0.5, 0.6) is 0 Å². The molecule has 0 saturated carbocycles. The maximum absolute atomic E-state index is 9.21. The minimum absolute atomic E-state index is 0.0829. The van der Waals surface area contributed by atoms with E-state index in [-0.39, 0.29) is 6.61 Å². The van der Waals surface area contributed by atoms with Crippen molar-refractivity contribution < 1.29 is 5.11 Å². The minimum Gasteiger partial charge on any atom is -0.392 e. The highest BCUT2D eigenvalue weighted by atomic mass is 79.9. The molecule has 0 atom stereocenters. The van der Waals surface area contributed by atoms with Crippen molar-refractivity contribution in [1.82, 2.24) is 4.98 Å². The number of aromatic nitrogens is 1. The van der Waals surface area contributed by atoms with Crippen molar-refractivity contribution in [1.29, 1.82) is 0 Å². The van der Waals surface area contributed by atoms with Gasteiger partial charge < -0.3 is 10.0 Å². The number of pyridine rings is 1. The molecule has 2 rings (SSSR count). The van der Waals surface area contributed by atoms with Crippen LogP contribution in [0.3, 0.4) is 0 Å². The second-order valence-corrected chi connectivity index (χ2v) is 5.60. The second-order valence-electron chi connectivity index (χ2n) is 4.27. The molecule has 2 aromatic rings. The lowest BCUT2D eigenvalue weighted by Crippen LogP contribution is -2.17. The number of halogens is 2. The molecule has 0 radical (unpaired) electrons. The third kappa shape index (κ3) is 3.69. The van der Waals surface area contributed by atoms with E-state index in [0.29, 0.717) is 10.6 Å². The Balaban J connectivity index is 2.15. The molecule has 19 heavy (non-hydrogen) atoms. The molecule has 5 heteroatoms. The molecule has 0 unspecified atom stereocenters. The molecule has 0 aliphatic carbocycles. The molecule has 100 valence electrons. The molecule has 0 bridgehead atoms. The fraction of sp³-hybridized carbons (Fsp3) is 0.214. The van der Waals surface area contributed by atoms with Gasteiger partial charge in [-0.25, -0.2) is 4.98 Å². The highest BCUT2D eigenvalue weighted by molar-refractivity contribution is 9.10. The van der Waals surface area contributed by atoms with Crippen LogP contribution in [0.25, 0.3) is 0 Å². The maximum atomic E-state index is 9.21. The van der Waals surface area contributed by atoms with Crippen LogP contribution in [0.2, 0.25) is 5.02 Å². The Hall–Kier alpha value is -1.10. The Labute approximate surface area is 126 Å². The lowest BCUT2D eigenvalue weighted by molar-refractivity contribution is 0.282. The Bertz CT molecular complexity index is 560. The fourth-order valence-electron chi connectivity index (χ4n) is 1.74. The van der Waals surface area contributed by atoms with E-state index in [9.17, 15) is 5.11 Å². The molecule has 0 saturated heterocycles. The average Bonchev–Trinajstić information content (AvgIpc) is 2.42. The van der Waals surface area contributed by atoms with E-state index in [2.05, 4.69) is 33.0 Å². The summed E-state index contributed by atoms with van der Waals surface area (Å²) in [6, 6.07) is 9.95. The summed E-state index contributed by atoms with van der Waals surface area (Å²) in [4.78, 5) is 6.29. The zero-order valence-corrected chi connectivity index (χ0v) is 12.8. The van der Waals surface area contributed by atoms with Crippen molar-refractivity contribution in [2.75, 3.05) is 11.9 Å². The lowest BCUT2D eigenvalue weighted by atomic mass is 10.2. The Kier molecular flexibility index (Phi) is 4.80. The fourth-order valence-corrected chi connectivity index (χ4v) is 2.17. The summed E-state index contributed by atoms with van der Waals surface area (Å²) >= 11 is 9.35. The van der Waals surface area contributed by atoms with Gasteiger partial charge in [-0.2, -0.15) is 0 Å². The quantitative estimate of drug-likeness (QED) is 0.922. The number of hydrogen-bond donors (Lipinski definition) is 1. The van der Waals surface area contributed by atoms with Gasteiger partial charge in [0.15, 0.2) is 0 Å². The Morgan fingerprint density at radius 1 is 1.32 bits per heavy atom. The standard InChI is InChI=1S/C14H14BrClN2O/c1-18(8-10-2-4-12(15)5-3-10)14-6-11(9-19)13(16)7-17-14/h2-7,19H,8-9H2,1H3. The molecule has 0 aliphatic rings. The monoisotopic (exact) mass is 340 g/mol. The second kappa shape index (κ2) is 6.37. The van der Waals surface area contributed by atoms with E-state index >= 15 is 0 Å². The van der Waals surface area contributed by atoms with Crippen LogP contribution in [0, 0.1) is 0 Å². The van der Waals surface area contributed by atoms with Gasteiger partial charge in [0.2, 0.25) is 0 Å². The van der Waals surface area contributed by atoms with Crippen molar-refractivity contribution in [2.24, 2.45) is 0 Å². The third-order valence-corrected chi connectivity index (χ3v) is 3.68. The van der Waals surface area contributed by atoms with Crippen LogP contribution in [0.4, 0.5) is 5.82 Å². The van der Waals surface area contributed by atoms with E-state index in [4.69, 9.17) is 11.6 Å². The van der Waals surface area contributed by atoms with Crippen LogP contribution in [-0.4, -0.2) is 17.1 Å². The zero-order valence-electron chi connectivity index (χ0n) is 10.5. The van der Waals surface area contributed by atoms with Gasteiger partial charge in [0, 0.05) is 29.8 Å². The van der Waals surface area contributed by atoms with E-state index in [1.165, 1.54) is 5.56 Å². The third-order valence-electron chi connectivity index (χ3n) is 2.81. The number of rotatable bonds is 4. The first-order chi connectivity index (χ1) is 9.10. The van der Waals surface area contributed by atoms with E-state index < -0.39 is 0 Å². The number of aliphatic hydroxyl groups excluding tert-OH is 1. The molecule has 0 fully saturated rings. The maximum Gasteiger partial charge on any atom is 0.128 e. The predicted octanol–water partition coefficient (Wildman–Crippen LogP) is 3.63. The molecule has 0 amide bonds. The summed E-state index contributed by atoms with van der Waals surface area (Å²) < 4.78 is 1.06. The summed E-state index contributed by atoms with van der Waals surface area (Å²) in [6.45, 7) is 0.660. The SMILES string of the molecule is CN(Cc1ccc(Br)cc1)c1cc(CO)c(Cl)cn1. The summed E-state index contributed by atoms with van der Waals surface area (Å²) in [5, 5.41) is 9.70. The van der Waals surface area contributed by atoms with Gasteiger partial charge in [-0.3, -0.25) is 0 Å². The first-order valence-corrected chi connectivity index (χ1v) is 6.98. The molecule has 0 aliphatic heterocycles. The number of hydrogen-bond acceptors (Lipinski definition) is 3. The zero-order chi connectivity index (χ0) is 13.8. The van der Waals surface area contributed by atoms with Crippen LogP contribution < -0.4 is 4.90 Å². The van der Waals surface area contributed by atoms with Gasteiger partial charge in [-0.1, -0.05) is 39.7 Å². The van der Waals surface area contributed by atoms with Crippen LogP contribution in [0.1, 0.15) is 11.1 Å². The molecule has 3 nitrogen and oxygen atoms in total. The number of nitrogens with zero attached hydrogens (tertiary/aromatic N) is 2. The van der Waals surface area contributed by atoms with Gasteiger partial charge in [0.1, 0.15) is 5.82 Å². The Morgan fingerprint density at radius 2 is 2.00 bits per heavy atom. The molecular formula is C14H14BrClN2O. The topological polar surface area (TPSA) is 36.4 Å². The normalized spacial score (nSPS) is 10.5. The minimum atomic E-state index is -0.0829. The van der Waals surface area contributed by atoms with Crippen LogP contribution in [0.15, 0.2) is 41.0 Å². The molecular weight excluding hydrogens is 328 g/mol. The van der Waals surface area contributed by atoms with Crippen molar-refractivity contribution in [2.45, 2.75) is 13.2 Å². The molecule has 1 heterocycles. The van der Waals surface area contributed by atoms with E-state index in [1.54, 1.807) is 12.3 Å². The highest BCUT2D eigenvalue weighted by Gasteiger charge is 2.07. The highest BCUT2D eigenvalue weighted by Crippen LogP contribution is 2.21. The van der Waals surface area contributed by atoms with Crippen molar-refractivity contribution in [3.63, 3.8) is 0 Å². The first-order valence-electron chi connectivity index (χ1n) is 5.81. The Morgan fingerprint density at radius 3 is 2.63 bits per heavy atom. The average molecular weight is 342 g/mol. The van der Waals surface area contributed by atoms with Gasteiger partial charge in [0.05, 0.1) is 11.6 Å². The van der Waals surface area contributed by atoms with Crippen molar-refractivity contribution in [3.8, 4) is 0 Å². The smallest absolute Gasteiger partial charge is 0.128 e. The lowest BCUT2D eigenvalue weighted by Gasteiger charge is -2.19. The number of benzene rings is 1. The molecule has 1 N–H and O–H groups in total. The summed E-state index contributed by atoms with van der Waals surface area (Å²) in [5.41, 5.74) is 1.88. The van der Waals surface area contributed by atoms with Crippen LogP contribution in [-0.2, 0) is 13.2 Å². The molecule has 0 spiro atoms. The first kappa shape index (κ1) is 14.3. The van der Waals surface area contributed by atoms with Gasteiger partial charge >= 0.3 is 0 Å². The van der Waals surface area contributed by atoms with Gasteiger partial charge in [-0.05, 0) is 23.8 Å². The summed E-state index contributed by atoms with van der Waals surface area (Å²) in [6.07, 6.45) is 1.57. The van der Waals surface area contributed by atoms with Gasteiger partial charge in [-0.15, -0.1) is 0 Å². The van der Waals surface area contributed by atoms with E-state index in [1.807, 2.05) is 24.1 Å². The summed E-state index contributed by atoms with van der Waals surface area (Å²) in [5.74, 6) is 0.788. The number of anilines is 1. The molecule has 1 aromatic heterocycles.